The van der Waals surface area contributed by atoms with Gasteiger partial charge in [-0.3, -0.25) is 81.5 Å². The number of nitrogens with one attached hydrogen (secondary N) is 15. The van der Waals surface area contributed by atoms with Crippen LogP contribution in [0.5, 0.6) is 5.75 Å². The lowest BCUT2D eigenvalue weighted by Gasteiger charge is -2.39. The lowest BCUT2D eigenvalue weighted by molar-refractivity contribution is -0.138. The number of hydrogen-bond acceptors (Lipinski definition) is 24. The van der Waals surface area contributed by atoms with Gasteiger partial charge in [0.05, 0.1) is 18.9 Å². The van der Waals surface area contributed by atoms with Crippen molar-refractivity contribution in [3.05, 3.63) is 113 Å². The fraction of sp³-hybridized carbons (Fsp3) is 0.538. The molecule has 133 heavy (non-hydrogen) atoms. The number of carbonyl (C=O) groups is 18. The van der Waals surface area contributed by atoms with Gasteiger partial charge in [-0.15, -0.1) is 0 Å². The van der Waals surface area contributed by atoms with Crippen LogP contribution in [0.4, 0.5) is 0 Å². The van der Waals surface area contributed by atoms with E-state index < -0.39 is 195 Å². The Morgan fingerprint density at radius 2 is 1.14 bits per heavy atom. The topological polar surface area (TPSA) is 651 Å². The van der Waals surface area contributed by atoms with Crippen LogP contribution in [0.2, 0.25) is 0 Å². The van der Waals surface area contributed by atoms with E-state index in [2.05, 4.69) is 79.4 Å². The maximum absolute atomic E-state index is 16.4. The average Bonchev–Trinajstić information content (AvgIpc) is 1.77. The highest BCUT2D eigenvalue weighted by atomic mass is 33.1. The van der Waals surface area contributed by atoms with Gasteiger partial charge in [-0.1, -0.05) is 107 Å². The lowest BCUT2D eigenvalue weighted by atomic mass is 9.91. The number of aromatic amines is 1. The molecule has 0 unspecified atom stereocenters. The van der Waals surface area contributed by atoms with Crippen molar-refractivity contribution in [2.24, 2.45) is 28.7 Å². The maximum Gasteiger partial charge on any atom is 0.246 e. The minimum absolute atomic E-state index is 0.0797. The molecule has 26 N–H and O–H groups in total. The van der Waals surface area contributed by atoms with Crippen molar-refractivity contribution < 1.29 is 96.1 Å². The Labute approximate surface area is 780 Å². The molecule has 0 aliphatic carbocycles. The molecule has 1 saturated heterocycles. The zero-order chi connectivity index (χ0) is 98.6. The van der Waals surface area contributed by atoms with Gasteiger partial charge >= 0.3 is 0 Å². The number of primary amides is 3. The van der Waals surface area contributed by atoms with Gasteiger partial charge in [0.25, 0.3) is 0 Å². The van der Waals surface area contributed by atoms with Crippen molar-refractivity contribution in [1.82, 2.24) is 79.4 Å². The molecule has 1 aromatic heterocycles. The van der Waals surface area contributed by atoms with Crippen LogP contribution in [0.15, 0.2) is 91.1 Å². The second-order valence-corrected chi connectivity index (χ2v) is 38.2. The molecule has 42 heteroatoms. The van der Waals surface area contributed by atoms with Gasteiger partial charge in [-0.05, 0) is 171 Å². The van der Waals surface area contributed by atoms with E-state index in [0.29, 0.717) is 51.6 Å². The molecule has 13 atom stereocenters. The number of hydrogen-bond donors (Lipinski definition) is 21. The largest absolute Gasteiger partial charge is 0.492 e. The first kappa shape index (κ1) is 109. The van der Waals surface area contributed by atoms with E-state index in [0.717, 1.165) is 46.4 Å². The molecular weight excluding hydrogens is 1760 g/mol. The molecule has 40 nitrogen and oxygen atoms in total. The van der Waals surface area contributed by atoms with Gasteiger partial charge in [0.2, 0.25) is 100 Å². The van der Waals surface area contributed by atoms with Gasteiger partial charge in [-0.2, -0.15) is 0 Å². The summed E-state index contributed by atoms with van der Waals surface area (Å²) in [4.78, 5) is 259. The molecule has 0 spiro atoms. The van der Waals surface area contributed by atoms with Crippen molar-refractivity contribution in [1.29, 1.82) is 0 Å². The summed E-state index contributed by atoms with van der Waals surface area (Å²) >= 11 is 0. The van der Waals surface area contributed by atoms with E-state index in [1.807, 2.05) is 31.2 Å². The Morgan fingerprint density at radius 3 is 1.77 bits per heavy atom. The van der Waals surface area contributed by atoms with Crippen molar-refractivity contribution in [3.8, 4) is 5.75 Å². The Balaban J connectivity index is 1.53. The molecule has 1 aliphatic rings. The Hall–Kier alpha value is -12.3. The van der Waals surface area contributed by atoms with E-state index in [-0.39, 0.29) is 134 Å². The number of ketones is 1. The summed E-state index contributed by atoms with van der Waals surface area (Å²) in [5, 5.41) is 50.7. The Morgan fingerprint density at radius 1 is 0.549 bits per heavy atom. The number of aromatic nitrogens is 1. The molecule has 0 radical (unpaired) electrons. The van der Waals surface area contributed by atoms with Gasteiger partial charge in [0, 0.05) is 92.7 Å². The van der Waals surface area contributed by atoms with Crippen LogP contribution in [0.1, 0.15) is 188 Å². The predicted molar refractivity (Wildman–Crippen MR) is 502 cm³/mol. The van der Waals surface area contributed by atoms with Gasteiger partial charge in [0.1, 0.15) is 90.1 Å². The third-order valence-electron chi connectivity index (χ3n) is 22.3. The van der Waals surface area contributed by atoms with Crippen molar-refractivity contribution >= 4 is 149 Å². The van der Waals surface area contributed by atoms with Crippen LogP contribution >= 0.6 is 21.6 Å². The van der Waals surface area contributed by atoms with Gasteiger partial charge in [-0.25, -0.2) is 0 Å². The van der Waals surface area contributed by atoms with Crippen molar-refractivity contribution in [2.45, 2.75) is 279 Å². The van der Waals surface area contributed by atoms with E-state index in [9.17, 15) is 62.6 Å². The summed E-state index contributed by atoms with van der Waals surface area (Å²) in [6, 6.07) is 5.51. The summed E-state index contributed by atoms with van der Waals surface area (Å²) in [6.07, 6.45) is -1.52. The standard InChI is InChI=1S/C91H132N20O20S2/c1-50-23-21-27-62-60(49-99-73(50)62)46-68-81(123)102-64(28-14-12-13-24-51(2)112)79(121)110-76(90(9,10)133-132-89(7,8)75(100-55(6)116)86(128)107-70(48-72(95)118)83(125)109-74(52(3)113)85(127)105-68)87(129)106-66(44-56-32-35-61(36-33-56)131-42-39-93)80(122)103-67(45-57-31-34-58-25-15-16-26-59(58)43-57)84(126)111-91(11,37-18-19-38-92)88(130)108-65(29-17-20-40-97-53(4)114)78(120)104-69(47-71(94)117)82(124)101-63(77(96)119)30-22-41-98-54(5)115/h15-16,21,23,25-27,31-36,43,49,52,63-70,74-76,99,113H,12-14,17-20,22,24,28-30,37-42,44-48,92-93H2,1-11H3,(H2,94,117)(H2,95,118)(H2,96,119)(H,97,114)(H,98,115)(H,100,116)(H,101,124)(H,102,123)(H,103,122)(H,104,120)(H,105,127)(H,106,129)(H,107,128)(H,108,130)(H,109,125)(H,110,121)(H,111,126)/t52-,63+,64+,65+,66+,67+,68+,69+,70+,74+,75-,76-,91+/m1/s1. The molecule has 6 rings (SSSR count). The van der Waals surface area contributed by atoms with Crippen LogP contribution in [-0.4, -0.2) is 237 Å². The van der Waals surface area contributed by atoms with Gasteiger partial charge in [0.15, 0.2) is 0 Å². The van der Waals surface area contributed by atoms with Crippen LogP contribution < -0.4 is 108 Å². The molecule has 2 heterocycles. The van der Waals surface area contributed by atoms with E-state index in [1.165, 1.54) is 55.4 Å². The summed E-state index contributed by atoms with van der Waals surface area (Å²) in [5.41, 5.74) is 29.6. The average molecular weight is 1890 g/mol. The summed E-state index contributed by atoms with van der Waals surface area (Å²) in [7, 11) is 1.82. The number of fused-ring (bicyclic) bond motifs is 2. The molecule has 17 amide bonds. The maximum atomic E-state index is 16.4. The molecule has 5 aromatic rings. The number of amides is 17. The fourth-order valence-electron chi connectivity index (χ4n) is 14.9. The molecule has 1 aliphatic heterocycles. The normalized spacial score (nSPS) is 19.0. The monoisotopic (exact) mass is 1890 g/mol. The lowest BCUT2D eigenvalue weighted by Crippen LogP contribution is -2.65. The molecule has 1 fully saturated rings. The Kier molecular flexibility index (Phi) is 43.5. The number of unbranched alkanes of at least 4 members (excludes halogenated alkanes) is 4. The van der Waals surface area contributed by atoms with Crippen LogP contribution in [0.25, 0.3) is 21.7 Å². The van der Waals surface area contributed by atoms with Gasteiger partial charge < -0.3 is 123 Å². The number of Topliss-reactive ketones (excluding diaryl/α,β-unsaturated/α-hetero) is 1. The molecule has 4 aromatic carbocycles. The second kappa shape index (κ2) is 52.8. The van der Waals surface area contributed by atoms with Crippen LogP contribution in [0.3, 0.4) is 0 Å². The first-order chi connectivity index (χ1) is 62.7. The number of para-hydroxylation sites is 1. The SMILES string of the molecule is CC(=O)CCCCC[C@@H]1NC(=O)[C@H](Cc2c[nH]c3c(C)cccc23)NC(=O)[C@H]([C@@H](C)O)NC(=O)[C@H](CC(N)=O)NC(=O)[C@@H](NC(C)=O)C(C)(C)SSC(C)(C)[C@@H](C(=O)N[C@@H](Cc2ccc(OCCN)cc2)C(=O)N[C@@H](Cc2ccc3ccccc3c2)C(=O)N[C@@](C)(CCCCN)C(=O)N[C@@H](CCCCNC(C)=O)C(=O)N[C@@H](CC(N)=O)C(=O)N[C@@H](CCCNC(C)=O)C(N)=O)NC1=O. The zero-order valence-corrected chi connectivity index (χ0v) is 78.9. The van der Waals surface area contributed by atoms with Crippen LogP contribution in [-0.2, 0) is 106 Å². The van der Waals surface area contributed by atoms with E-state index in [4.69, 9.17) is 33.4 Å². The number of rotatable bonds is 47. The first-order valence-corrected chi connectivity index (χ1v) is 46.6. The summed E-state index contributed by atoms with van der Waals surface area (Å²) in [6.45, 7) is 16.2. The number of carbonyl (C=O) groups excluding carboxylic acids is 18. The minimum atomic E-state index is -2.05. The smallest absolute Gasteiger partial charge is 0.246 e. The number of H-pyrrole nitrogens is 1. The van der Waals surface area contributed by atoms with Crippen molar-refractivity contribution in [3.63, 3.8) is 0 Å². The minimum Gasteiger partial charge on any atom is -0.492 e. The highest BCUT2D eigenvalue weighted by Crippen LogP contribution is 2.47. The third-order valence-corrected chi connectivity index (χ3v) is 26.5. The fourth-order valence-corrected chi connectivity index (χ4v) is 17.7. The summed E-state index contributed by atoms with van der Waals surface area (Å²) in [5.74, 6) is -16.0. The van der Waals surface area contributed by atoms with E-state index >= 15 is 28.8 Å². The quantitative estimate of drug-likeness (QED) is 0.0175. The Bertz CT molecular complexity index is 4950. The summed E-state index contributed by atoms with van der Waals surface area (Å²) < 4.78 is 2.58. The molecule has 728 valence electrons. The third kappa shape index (κ3) is 35.7. The van der Waals surface area contributed by atoms with Crippen LogP contribution in [0, 0.1) is 6.92 Å². The second-order valence-electron chi connectivity index (χ2n) is 34.7. The molecule has 0 saturated carbocycles. The van der Waals surface area contributed by atoms with E-state index in [1.54, 1.807) is 66.9 Å². The number of benzene rings is 4. The highest BCUT2D eigenvalue weighted by molar-refractivity contribution is 8.77. The predicted octanol–water partition coefficient (Wildman–Crippen LogP) is -0.317. The number of aliphatic hydroxyl groups excluding tert-OH is 1. The first-order valence-electron chi connectivity index (χ1n) is 44.4. The molecule has 0 bridgehead atoms. The number of aliphatic hydroxyl groups is 1. The highest BCUT2D eigenvalue weighted by Gasteiger charge is 2.47. The van der Waals surface area contributed by atoms with Crippen molar-refractivity contribution in [2.75, 3.05) is 32.8 Å². The number of aryl methyl sites for hydroxylation is 1. The zero-order valence-electron chi connectivity index (χ0n) is 77.3. The number of ether oxygens (including phenoxy) is 1. The molecular formula is C91H132N20O20S2. The number of nitrogens with two attached hydrogens (primary N) is 5.